The van der Waals surface area contributed by atoms with E-state index in [0.29, 0.717) is 12.7 Å². The van der Waals surface area contributed by atoms with Gasteiger partial charge in [0.05, 0.1) is 0 Å². The predicted molar refractivity (Wildman–Crippen MR) is 33.9 cm³/mol. The van der Waals surface area contributed by atoms with Crippen molar-refractivity contribution < 1.29 is 4.79 Å². The molecule has 1 atom stereocenters. The minimum atomic E-state index is -0.812. The van der Waals surface area contributed by atoms with Crippen molar-refractivity contribution in [2.24, 2.45) is 0 Å². The number of carbonyl (C=O) groups is 1. The molecule has 3 heteroatoms. The molecule has 0 radical (unpaired) electrons. The first-order valence-electron chi connectivity index (χ1n) is 1.96. The van der Waals surface area contributed by atoms with E-state index in [-0.39, 0.29) is 0 Å². The minimum Gasteiger partial charge on any atom is -0.300 e. The van der Waals surface area contributed by atoms with E-state index in [4.69, 9.17) is 11.6 Å². The van der Waals surface area contributed by atoms with Crippen molar-refractivity contribution in [3.8, 4) is 0 Å². The zero-order valence-electron chi connectivity index (χ0n) is 3.95. The Kier molecular flexibility index (Phi) is 2.84. The number of rotatable bonds is 2. The summed E-state index contributed by atoms with van der Waals surface area (Å²) in [5.74, 6) is 0. The van der Waals surface area contributed by atoms with E-state index in [2.05, 4.69) is 15.9 Å². The van der Waals surface area contributed by atoms with E-state index < -0.39 is 3.78 Å². The van der Waals surface area contributed by atoms with Gasteiger partial charge >= 0.3 is 0 Å². The molecule has 0 amide bonds. The number of carbonyl (C=O) groups excluding carboxylic acids is 1. The van der Waals surface area contributed by atoms with Crippen molar-refractivity contribution in [1.29, 1.82) is 0 Å². The minimum absolute atomic E-state index is 0.609. The topological polar surface area (TPSA) is 17.1 Å². The van der Waals surface area contributed by atoms with Crippen LogP contribution in [0.5, 0.6) is 0 Å². The molecule has 0 aliphatic carbocycles. The van der Waals surface area contributed by atoms with Gasteiger partial charge in [0.2, 0.25) is 0 Å². The first-order valence-corrected chi connectivity index (χ1v) is 3.13. The Labute approximate surface area is 56.2 Å². The van der Waals surface area contributed by atoms with E-state index in [9.17, 15) is 4.79 Å². The van der Waals surface area contributed by atoms with E-state index in [1.807, 2.05) is 6.92 Å². The molecule has 0 rings (SSSR count). The summed E-state index contributed by atoms with van der Waals surface area (Å²) in [6.07, 6.45) is 1.28. The van der Waals surface area contributed by atoms with Gasteiger partial charge < -0.3 is 4.79 Å². The highest BCUT2D eigenvalue weighted by molar-refractivity contribution is 9.10. The second kappa shape index (κ2) is 2.68. The van der Waals surface area contributed by atoms with Gasteiger partial charge in [-0.05, 0) is 6.42 Å². The Hall–Kier alpha value is 0.440. The average molecular weight is 185 g/mol. The molecule has 0 spiro atoms. The smallest absolute Gasteiger partial charge is 0.154 e. The summed E-state index contributed by atoms with van der Waals surface area (Å²) >= 11 is 8.43. The fourth-order valence-corrected chi connectivity index (χ4v) is 0.0833. The standard InChI is InChI=1S/C4H6BrClO/c1-2-4(5,6)3-7/h3H,2H2,1H3. The molecule has 0 aromatic rings. The molecule has 0 aliphatic rings. The predicted octanol–water partition coefficient (Wildman–Crippen LogP) is 1.93. The van der Waals surface area contributed by atoms with Crippen molar-refractivity contribution in [1.82, 2.24) is 0 Å². The van der Waals surface area contributed by atoms with Gasteiger partial charge in [0.25, 0.3) is 0 Å². The maximum atomic E-state index is 9.88. The summed E-state index contributed by atoms with van der Waals surface area (Å²) in [5.41, 5.74) is 0. The maximum absolute atomic E-state index is 9.88. The molecule has 0 fully saturated rings. The summed E-state index contributed by atoms with van der Waals surface area (Å²) < 4.78 is -0.812. The van der Waals surface area contributed by atoms with Gasteiger partial charge in [-0.15, -0.1) is 0 Å². The Balaban J connectivity index is 3.58. The lowest BCUT2D eigenvalue weighted by atomic mass is 10.4. The Morgan fingerprint density at radius 2 is 2.43 bits per heavy atom. The summed E-state index contributed by atoms with van der Waals surface area (Å²) in [7, 11) is 0. The molecule has 1 nitrogen and oxygen atoms in total. The molecular weight excluding hydrogens is 179 g/mol. The van der Waals surface area contributed by atoms with Gasteiger partial charge in [0.15, 0.2) is 10.1 Å². The van der Waals surface area contributed by atoms with Crippen LogP contribution in [0.15, 0.2) is 0 Å². The third-order valence-corrected chi connectivity index (χ3v) is 1.75. The van der Waals surface area contributed by atoms with Gasteiger partial charge in [-0.1, -0.05) is 34.5 Å². The molecule has 0 saturated carbocycles. The fraction of sp³-hybridized carbons (Fsp3) is 0.750. The van der Waals surface area contributed by atoms with Crippen LogP contribution in [0.3, 0.4) is 0 Å². The lowest BCUT2D eigenvalue weighted by Crippen LogP contribution is -2.10. The van der Waals surface area contributed by atoms with Crippen molar-refractivity contribution in [2.75, 3.05) is 0 Å². The van der Waals surface area contributed by atoms with Gasteiger partial charge in [-0.25, -0.2) is 0 Å². The molecule has 0 aromatic heterocycles. The van der Waals surface area contributed by atoms with Gasteiger partial charge in [0.1, 0.15) is 0 Å². The summed E-state index contributed by atoms with van der Waals surface area (Å²) in [5, 5.41) is 0. The second-order valence-electron chi connectivity index (χ2n) is 1.23. The number of hydrogen-bond acceptors (Lipinski definition) is 1. The number of halogens is 2. The van der Waals surface area contributed by atoms with Crippen LogP contribution in [0.1, 0.15) is 13.3 Å². The quantitative estimate of drug-likeness (QED) is 0.475. The van der Waals surface area contributed by atoms with Crippen molar-refractivity contribution in [2.45, 2.75) is 17.1 Å². The van der Waals surface area contributed by atoms with Crippen LogP contribution in [-0.2, 0) is 4.79 Å². The van der Waals surface area contributed by atoms with E-state index in [1.165, 1.54) is 0 Å². The molecule has 0 saturated heterocycles. The summed E-state index contributed by atoms with van der Waals surface area (Å²) in [6, 6.07) is 0. The molecular formula is C4H6BrClO. The van der Waals surface area contributed by atoms with Crippen LogP contribution < -0.4 is 0 Å². The molecule has 7 heavy (non-hydrogen) atoms. The monoisotopic (exact) mass is 184 g/mol. The molecule has 42 valence electrons. The highest BCUT2D eigenvalue weighted by Crippen LogP contribution is 2.23. The van der Waals surface area contributed by atoms with E-state index >= 15 is 0 Å². The van der Waals surface area contributed by atoms with Crippen LogP contribution in [0.25, 0.3) is 0 Å². The number of alkyl halides is 2. The van der Waals surface area contributed by atoms with Crippen LogP contribution in [0.2, 0.25) is 0 Å². The highest BCUT2D eigenvalue weighted by atomic mass is 79.9. The molecule has 0 N–H and O–H groups in total. The van der Waals surface area contributed by atoms with Crippen molar-refractivity contribution in [3.63, 3.8) is 0 Å². The van der Waals surface area contributed by atoms with Crippen molar-refractivity contribution >= 4 is 33.8 Å². The normalized spacial score (nSPS) is 18.1. The summed E-state index contributed by atoms with van der Waals surface area (Å²) in [6.45, 7) is 1.83. The molecule has 0 aromatic carbocycles. The largest absolute Gasteiger partial charge is 0.300 e. The molecule has 0 bridgehead atoms. The van der Waals surface area contributed by atoms with Crippen LogP contribution in [-0.4, -0.2) is 10.1 Å². The zero-order valence-corrected chi connectivity index (χ0v) is 6.29. The third-order valence-electron chi connectivity index (χ3n) is 0.644. The zero-order chi connectivity index (χ0) is 5.91. The molecule has 0 aliphatic heterocycles. The summed E-state index contributed by atoms with van der Waals surface area (Å²) in [4.78, 5) is 9.88. The number of hydrogen-bond donors (Lipinski definition) is 0. The van der Waals surface area contributed by atoms with Gasteiger partial charge in [-0.3, -0.25) is 0 Å². The molecule has 0 heterocycles. The van der Waals surface area contributed by atoms with E-state index in [1.54, 1.807) is 0 Å². The van der Waals surface area contributed by atoms with Gasteiger partial charge in [0, 0.05) is 0 Å². The number of aldehydes is 1. The maximum Gasteiger partial charge on any atom is 0.154 e. The van der Waals surface area contributed by atoms with Crippen LogP contribution in [0.4, 0.5) is 0 Å². The molecule has 1 unspecified atom stereocenters. The highest BCUT2D eigenvalue weighted by Gasteiger charge is 2.17. The third kappa shape index (κ3) is 3.06. The van der Waals surface area contributed by atoms with Gasteiger partial charge in [-0.2, -0.15) is 0 Å². The Bertz CT molecular complexity index is 72.1. The SMILES string of the molecule is CCC(Cl)(Br)C=O. The fourth-order valence-electron chi connectivity index (χ4n) is 0.0833. The second-order valence-corrected chi connectivity index (χ2v) is 3.78. The first kappa shape index (κ1) is 7.44. The van der Waals surface area contributed by atoms with Crippen LogP contribution >= 0.6 is 27.5 Å². The Morgan fingerprint density at radius 1 is 2.00 bits per heavy atom. The lowest BCUT2D eigenvalue weighted by molar-refractivity contribution is -0.108. The Morgan fingerprint density at radius 3 is 2.43 bits per heavy atom. The average Bonchev–Trinajstić information content (AvgIpc) is 1.68. The van der Waals surface area contributed by atoms with Crippen molar-refractivity contribution in [3.05, 3.63) is 0 Å². The van der Waals surface area contributed by atoms with Crippen LogP contribution in [0, 0.1) is 0 Å². The first-order chi connectivity index (χ1) is 3.12. The lowest BCUT2D eigenvalue weighted by Gasteiger charge is -2.04. The van der Waals surface area contributed by atoms with E-state index in [0.717, 1.165) is 0 Å².